The molecule has 23 heavy (non-hydrogen) atoms. The number of hydrogen-bond acceptors (Lipinski definition) is 5. The van der Waals surface area contributed by atoms with Crippen molar-refractivity contribution in [2.75, 3.05) is 11.9 Å². The van der Waals surface area contributed by atoms with E-state index < -0.39 is 7.60 Å². The van der Waals surface area contributed by atoms with Crippen molar-refractivity contribution < 1.29 is 14.4 Å². The zero-order valence-electron chi connectivity index (χ0n) is 13.5. The average molecular weight is 341 g/mol. The summed E-state index contributed by atoms with van der Waals surface area (Å²) in [7, 11) is -3.92. The normalized spacial score (nSPS) is 11.7. The maximum atomic E-state index is 10.6. The topological polar surface area (TPSA) is 127 Å². The fourth-order valence-corrected chi connectivity index (χ4v) is 2.07. The second-order valence-electron chi connectivity index (χ2n) is 4.98. The van der Waals surface area contributed by atoms with Gasteiger partial charge in [-0.3, -0.25) is 4.57 Å². The molecule has 0 unspecified atom stereocenters. The predicted octanol–water partition coefficient (Wildman–Crippen LogP) is 2.34. The molecule has 2 aromatic rings. The van der Waals surface area contributed by atoms with Gasteiger partial charge in [-0.05, 0) is 6.42 Å². The summed E-state index contributed by atoms with van der Waals surface area (Å²) in [4.78, 5) is 29.5. The van der Waals surface area contributed by atoms with Crippen molar-refractivity contribution >= 4 is 24.6 Å². The van der Waals surface area contributed by atoms with Crippen LogP contribution < -0.4 is 5.73 Å². The monoisotopic (exact) mass is 341 g/mol. The highest BCUT2D eigenvalue weighted by Crippen LogP contribution is 2.34. The number of imidazole rings is 1. The molecule has 0 saturated heterocycles. The lowest BCUT2D eigenvalue weighted by atomic mass is 10.4. The minimum Gasteiger partial charge on any atom is -0.382 e. The van der Waals surface area contributed by atoms with Crippen LogP contribution in [-0.2, 0) is 11.1 Å². The first-order valence-corrected chi connectivity index (χ1v) is 9.29. The molecule has 0 fully saturated rings. The van der Waals surface area contributed by atoms with E-state index in [0.717, 1.165) is 0 Å². The second-order valence-corrected chi connectivity index (χ2v) is 6.75. The van der Waals surface area contributed by atoms with E-state index in [1.54, 1.807) is 23.0 Å². The summed E-state index contributed by atoms with van der Waals surface area (Å²) < 4.78 is 12.4. The zero-order chi connectivity index (χ0) is 17.3. The van der Waals surface area contributed by atoms with Gasteiger partial charge in [0.2, 0.25) is 0 Å². The lowest BCUT2D eigenvalue weighted by Gasteiger charge is -2.00. The van der Waals surface area contributed by atoms with E-state index in [4.69, 9.17) is 15.5 Å². The van der Waals surface area contributed by atoms with Crippen LogP contribution in [0.2, 0.25) is 0 Å². The van der Waals surface area contributed by atoms with Crippen molar-refractivity contribution in [3.05, 3.63) is 24.8 Å². The SMILES string of the molecule is CCCC.Nc1ncnc2c1ncn2C/C=C/CCP(=O)(O)O. The van der Waals surface area contributed by atoms with Gasteiger partial charge in [-0.15, -0.1) is 0 Å². The number of nitrogens with zero attached hydrogens (tertiary/aromatic N) is 4. The minimum atomic E-state index is -3.92. The Labute approximate surface area is 135 Å². The Morgan fingerprint density at radius 3 is 2.52 bits per heavy atom. The highest BCUT2D eigenvalue weighted by molar-refractivity contribution is 7.51. The molecule has 0 atom stereocenters. The molecule has 0 amide bonds. The molecule has 0 aromatic carbocycles. The van der Waals surface area contributed by atoms with E-state index in [0.29, 0.717) is 29.9 Å². The molecule has 0 saturated carbocycles. The third-order valence-corrected chi connectivity index (χ3v) is 3.83. The van der Waals surface area contributed by atoms with Crippen LogP contribution in [0.1, 0.15) is 33.1 Å². The molecule has 0 radical (unpaired) electrons. The van der Waals surface area contributed by atoms with E-state index in [9.17, 15) is 4.57 Å². The standard InChI is InChI=1S/C10H14N5O3P.C4H10/c11-9-8-10(13-6-12-9)15(7-14-8)4-2-1-3-5-19(16,17)18;1-3-4-2/h1-2,6-7H,3-5H2,(H2,11,12,13)(H2,16,17,18);3-4H2,1-2H3/b2-1+;. The summed E-state index contributed by atoms with van der Waals surface area (Å²) in [6.45, 7) is 4.87. The predicted molar refractivity (Wildman–Crippen MR) is 91.0 cm³/mol. The van der Waals surface area contributed by atoms with Gasteiger partial charge < -0.3 is 20.1 Å². The summed E-state index contributed by atoms with van der Waals surface area (Å²) >= 11 is 0. The number of nitrogen functional groups attached to an aromatic ring is 1. The fourth-order valence-electron chi connectivity index (χ4n) is 1.58. The number of nitrogens with two attached hydrogens (primary N) is 1. The molecule has 0 aliphatic rings. The number of aromatic nitrogens is 4. The molecular formula is C14H24N5O3P. The van der Waals surface area contributed by atoms with Crippen molar-refractivity contribution in [1.82, 2.24) is 19.5 Å². The minimum absolute atomic E-state index is 0.150. The van der Waals surface area contributed by atoms with Crippen molar-refractivity contribution in [3.8, 4) is 0 Å². The molecule has 2 aromatic heterocycles. The lowest BCUT2D eigenvalue weighted by molar-refractivity contribution is 0.373. The molecule has 128 valence electrons. The summed E-state index contributed by atoms with van der Waals surface area (Å²) in [5.41, 5.74) is 6.84. The van der Waals surface area contributed by atoms with Crippen LogP contribution in [0.15, 0.2) is 24.8 Å². The molecule has 2 heterocycles. The summed E-state index contributed by atoms with van der Waals surface area (Å²) in [6.07, 6.45) is 9.30. The van der Waals surface area contributed by atoms with Crippen molar-refractivity contribution in [2.24, 2.45) is 0 Å². The first-order valence-electron chi connectivity index (χ1n) is 7.49. The van der Waals surface area contributed by atoms with E-state index in [1.807, 2.05) is 0 Å². The van der Waals surface area contributed by atoms with Crippen LogP contribution in [0.25, 0.3) is 11.2 Å². The number of rotatable bonds is 6. The molecule has 0 bridgehead atoms. The smallest absolute Gasteiger partial charge is 0.325 e. The maximum absolute atomic E-state index is 10.6. The van der Waals surface area contributed by atoms with Crippen LogP contribution in [-0.4, -0.2) is 35.5 Å². The van der Waals surface area contributed by atoms with E-state index in [1.165, 1.54) is 19.2 Å². The molecule has 0 spiro atoms. The number of anilines is 1. The molecule has 9 heteroatoms. The molecule has 0 aliphatic heterocycles. The molecule has 2 rings (SSSR count). The quantitative estimate of drug-likeness (QED) is 0.543. The summed E-state index contributed by atoms with van der Waals surface area (Å²) in [5, 5.41) is 0. The van der Waals surface area contributed by atoms with Gasteiger partial charge in [-0.25, -0.2) is 15.0 Å². The first-order chi connectivity index (χ1) is 10.9. The molecule has 0 aliphatic carbocycles. The number of unbranched alkanes of at least 4 members (excludes halogenated alkanes) is 1. The zero-order valence-corrected chi connectivity index (χ0v) is 14.4. The lowest BCUT2D eigenvalue weighted by Crippen LogP contribution is -1.97. The van der Waals surface area contributed by atoms with Gasteiger partial charge in [0.1, 0.15) is 11.8 Å². The number of allylic oxidation sites excluding steroid dienone is 2. The van der Waals surface area contributed by atoms with Gasteiger partial charge in [-0.2, -0.15) is 0 Å². The van der Waals surface area contributed by atoms with E-state index in [2.05, 4.69) is 28.8 Å². The highest BCUT2D eigenvalue weighted by Gasteiger charge is 2.10. The third-order valence-electron chi connectivity index (χ3n) is 2.99. The van der Waals surface area contributed by atoms with Gasteiger partial charge in [0, 0.05) is 6.54 Å². The van der Waals surface area contributed by atoms with Crippen LogP contribution in [0, 0.1) is 0 Å². The maximum Gasteiger partial charge on any atom is 0.325 e. The van der Waals surface area contributed by atoms with Crippen LogP contribution in [0.3, 0.4) is 0 Å². The Bertz CT molecular complexity index is 678. The fraction of sp³-hybridized carbons (Fsp3) is 0.500. The number of hydrogen-bond donors (Lipinski definition) is 3. The third kappa shape index (κ3) is 6.90. The summed E-state index contributed by atoms with van der Waals surface area (Å²) in [6, 6.07) is 0. The van der Waals surface area contributed by atoms with Crippen molar-refractivity contribution in [3.63, 3.8) is 0 Å². The Hall–Kier alpha value is -1.76. The van der Waals surface area contributed by atoms with Gasteiger partial charge >= 0.3 is 7.60 Å². The van der Waals surface area contributed by atoms with Crippen LogP contribution >= 0.6 is 7.60 Å². The first kappa shape index (κ1) is 19.3. The average Bonchev–Trinajstić information content (AvgIpc) is 2.91. The van der Waals surface area contributed by atoms with Crippen LogP contribution in [0.5, 0.6) is 0 Å². The van der Waals surface area contributed by atoms with Gasteiger partial charge in [0.05, 0.1) is 12.5 Å². The Kier molecular flexibility index (Phi) is 7.88. The largest absolute Gasteiger partial charge is 0.382 e. The molecular weight excluding hydrogens is 317 g/mol. The van der Waals surface area contributed by atoms with Gasteiger partial charge in [0.25, 0.3) is 0 Å². The Morgan fingerprint density at radius 2 is 1.91 bits per heavy atom. The van der Waals surface area contributed by atoms with Gasteiger partial charge in [0.15, 0.2) is 11.5 Å². The Balaban J connectivity index is 0.000000593. The Morgan fingerprint density at radius 1 is 1.22 bits per heavy atom. The van der Waals surface area contributed by atoms with Crippen LogP contribution in [0.4, 0.5) is 5.82 Å². The summed E-state index contributed by atoms with van der Waals surface area (Å²) in [5.74, 6) is 0.328. The van der Waals surface area contributed by atoms with Crippen molar-refractivity contribution in [1.29, 1.82) is 0 Å². The van der Waals surface area contributed by atoms with E-state index in [-0.39, 0.29) is 6.16 Å². The second kappa shape index (κ2) is 9.39. The highest BCUT2D eigenvalue weighted by atomic mass is 31.2. The van der Waals surface area contributed by atoms with Gasteiger partial charge in [-0.1, -0.05) is 38.8 Å². The van der Waals surface area contributed by atoms with E-state index >= 15 is 0 Å². The van der Waals surface area contributed by atoms with Crippen molar-refractivity contribution in [2.45, 2.75) is 39.7 Å². The molecule has 8 nitrogen and oxygen atoms in total. The molecule has 4 N–H and O–H groups in total. The number of fused-ring (bicyclic) bond motifs is 1.